The van der Waals surface area contributed by atoms with Crippen molar-refractivity contribution in [3.8, 4) is 0 Å². The summed E-state index contributed by atoms with van der Waals surface area (Å²) in [7, 11) is -2.74. The molecule has 0 bridgehead atoms. The molecule has 0 atom stereocenters. The van der Waals surface area contributed by atoms with Crippen molar-refractivity contribution in [2.45, 2.75) is 4.90 Å². The molecule has 2 aromatic carbocycles. The lowest BCUT2D eigenvalue weighted by Crippen LogP contribution is -2.22. The molecule has 27 heavy (non-hydrogen) atoms. The summed E-state index contributed by atoms with van der Waals surface area (Å²) in [4.78, 5) is 35.5. The minimum atomic E-state index is -3.92. The fourth-order valence-corrected chi connectivity index (χ4v) is 2.67. The van der Waals surface area contributed by atoms with Crippen molar-refractivity contribution in [2.75, 3.05) is 19.0 Å². The summed E-state index contributed by atoms with van der Waals surface area (Å²) in [5.41, 5.74) is 0.122. The van der Waals surface area contributed by atoms with Gasteiger partial charge in [0.05, 0.1) is 23.1 Å². The van der Waals surface area contributed by atoms with E-state index in [0.29, 0.717) is 0 Å². The van der Waals surface area contributed by atoms with Gasteiger partial charge in [-0.15, -0.1) is 0 Å². The van der Waals surface area contributed by atoms with Crippen LogP contribution in [0.25, 0.3) is 0 Å². The quantitative estimate of drug-likeness (QED) is 0.696. The first-order valence-corrected chi connectivity index (χ1v) is 9.04. The van der Waals surface area contributed by atoms with E-state index in [1.54, 1.807) is 6.07 Å². The molecule has 0 aliphatic rings. The number of nitrogens with one attached hydrogen (secondary N) is 1. The zero-order chi connectivity index (χ0) is 20.0. The van der Waals surface area contributed by atoms with Crippen molar-refractivity contribution in [1.82, 2.24) is 0 Å². The van der Waals surface area contributed by atoms with E-state index >= 15 is 0 Å². The number of primary sulfonamides is 1. The minimum absolute atomic E-state index is 0.00580. The summed E-state index contributed by atoms with van der Waals surface area (Å²) < 4.78 is 32.1. The van der Waals surface area contributed by atoms with Crippen LogP contribution in [0.5, 0.6) is 0 Å². The van der Waals surface area contributed by atoms with Gasteiger partial charge in [-0.25, -0.2) is 23.1 Å². The van der Waals surface area contributed by atoms with Crippen molar-refractivity contribution < 1.29 is 32.3 Å². The number of ether oxygens (including phenoxy) is 2. The highest BCUT2D eigenvalue weighted by molar-refractivity contribution is 7.89. The van der Waals surface area contributed by atoms with Gasteiger partial charge >= 0.3 is 11.9 Å². The van der Waals surface area contributed by atoms with Crippen molar-refractivity contribution in [3.63, 3.8) is 0 Å². The molecular formula is C17H16N2O7S. The van der Waals surface area contributed by atoms with Gasteiger partial charge < -0.3 is 14.8 Å². The van der Waals surface area contributed by atoms with Gasteiger partial charge in [0.25, 0.3) is 5.91 Å². The lowest BCUT2D eigenvalue weighted by molar-refractivity contribution is -0.119. The standard InChI is InChI=1S/C17H16N2O7S/c1-25-16(21)13-7-2-3-8-14(13)17(22)26-10-15(20)19-11-5-4-6-12(9-11)27(18,23)24/h2-9H,10H2,1H3,(H,19,20)(H2,18,23,24). The first-order chi connectivity index (χ1) is 12.7. The number of carbonyl (C=O) groups excluding carboxylic acids is 3. The van der Waals surface area contributed by atoms with Crippen LogP contribution in [0.4, 0.5) is 5.69 Å². The van der Waals surface area contributed by atoms with E-state index in [2.05, 4.69) is 10.1 Å². The van der Waals surface area contributed by atoms with Crippen LogP contribution in [0.3, 0.4) is 0 Å². The summed E-state index contributed by atoms with van der Waals surface area (Å²) in [6, 6.07) is 11.1. The Balaban J connectivity index is 2.03. The zero-order valence-electron chi connectivity index (χ0n) is 14.2. The Labute approximate surface area is 155 Å². The largest absolute Gasteiger partial charge is 0.465 e. The second-order valence-electron chi connectivity index (χ2n) is 5.23. The smallest absolute Gasteiger partial charge is 0.339 e. The topological polar surface area (TPSA) is 142 Å². The van der Waals surface area contributed by atoms with E-state index in [0.717, 1.165) is 0 Å². The van der Waals surface area contributed by atoms with Gasteiger partial charge in [-0.05, 0) is 30.3 Å². The molecule has 0 radical (unpaired) electrons. The number of rotatable bonds is 6. The van der Waals surface area contributed by atoms with Crippen LogP contribution >= 0.6 is 0 Å². The molecule has 0 saturated carbocycles. The number of carbonyl (C=O) groups is 3. The predicted molar refractivity (Wildman–Crippen MR) is 94.5 cm³/mol. The van der Waals surface area contributed by atoms with Crippen LogP contribution in [0.1, 0.15) is 20.7 Å². The van der Waals surface area contributed by atoms with Gasteiger partial charge in [0.15, 0.2) is 6.61 Å². The average Bonchev–Trinajstić information content (AvgIpc) is 2.65. The fraction of sp³-hybridized carbons (Fsp3) is 0.118. The van der Waals surface area contributed by atoms with Crippen LogP contribution in [0.15, 0.2) is 53.4 Å². The van der Waals surface area contributed by atoms with Crippen molar-refractivity contribution in [2.24, 2.45) is 5.14 Å². The third-order valence-electron chi connectivity index (χ3n) is 3.33. The van der Waals surface area contributed by atoms with E-state index in [1.807, 2.05) is 0 Å². The molecule has 10 heteroatoms. The zero-order valence-corrected chi connectivity index (χ0v) is 15.0. The lowest BCUT2D eigenvalue weighted by Gasteiger charge is -2.09. The first-order valence-electron chi connectivity index (χ1n) is 7.49. The number of benzene rings is 2. The molecule has 0 heterocycles. The summed E-state index contributed by atoms with van der Waals surface area (Å²) in [5, 5.41) is 7.40. The Morgan fingerprint density at radius 2 is 1.63 bits per heavy atom. The number of esters is 2. The SMILES string of the molecule is COC(=O)c1ccccc1C(=O)OCC(=O)Nc1cccc(S(N)(=O)=O)c1. The highest BCUT2D eigenvalue weighted by Gasteiger charge is 2.19. The molecular weight excluding hydrogens is 376 g/mol. The molecule has 0 aliphatic carbocycles. The van der Waals surface area contributed by atoms with Gasteiger partial charge in [-0.3, -0.25) is 4.79 Å². The molecule has 0 unspecified atom stereocenters. The minimum Gasteiger partial charge on any atom is -0.465 e. The van der Waals surface area contributed by atoms with Gasteiger partial charge in [-0.1, -0.05) is 18.2 Å². The Morgan fingerprint density at radius 1 is 1.00 bits per heavy atom. The molecule has 2 rings (SSSR count). The van der Waals surface area contributed by atoms with Crippen LogP contribution < -0.4 is 10.5 Å². The Kier molecular flexibility index (Phi) is 6.27. The molecule has 142 valence electrons. The normalized spacial score (nSPS) is 10.7. The number of nitrogens with two attached hydrogens (primary N) is 1. The van der Waals surface area contributed by atoms with Crippen molar-refractivity contribution in [1.29, 1.82) is 0 Å². The van der Waals surface area contributed by atoms with E-state index < -0.39 is 34.5 Å². The summed E-state index contributed by atoms with van der Waals surface area (Å²) in [5.74, 6) is -2.30. The Hall–Kier alpha value is -3.24. The van der Waals surface area contributed by atoms with E-state index in [1.165, 1.54) is 49.6 Å². The van der Waals surface area contributed by atoms with Crippen LogP contribution in [0.2, 0.25) is 0 Å². The molecule has 0 aromatic heterocycles. The van der Waals surface area contributed by atoms with E-state index in [4.69, 9.17) is 9.88 Å². The second kappa shape index (κ2) is 8.43. The van der Waals surface area contributed by atoms with Crippen molar-refractivity contribution in [3.05, 3.63) is 59.7 Å². The van der Waals surface area contributed by atoms with Crippen LogP contribution in [0, 0.1) is 0 Å². The van der Waals surface area contributed by atoms with Gasteiger partial charge in [0.2, 0.25) is 10.0 Å². The number of hydrogen-bond donors (Lipinski definition) is 2. The molecule has 3 N–H and O–H groups in total. The molecule has 0 spiro atoms. The highest BCUT2D eigenvalue weighted by atomic mass is 32.2. The molecule has 0 saturated heterocycles. The van der Waals surface area contributed by atoms with Crippen molar-refractivity contribution >= 4 is 33.6 Å². The molecule has 9 nitrogen and oxygen atoms in total. The molecule has 1 amide bonds. The maximum Gasteiger partial charge on any atom is 0.339 e. The third kappa shape index (κ3) is 5.36. The van der Waals surface area contributed by atoms with E-state index in [-0.39, 0.29) is 21.7 Å². The maximum atomic E-state index is 12.1. The number of sulfonamides is 1. The monoisotopic (exact) mass is 392 g/mol. The molecule has 0 aliphatic heterocycles. The average molecular weight is 392 g/mol. The molecule has 2 aromatic rings. The van der Waals surface area contributed by atoms with E-state index in [9.17, 15) is 22.8 Å². The number of methoxy groups -OCH3 is 1. The van der Waals surface area contributed by atoms with Crippen LogP contribution in [-0.4, -0.2) is 40.0 Å². The molecule has 0 fully saturated rings. The van der Waals surface area contributed by atoms with Gasteiger partial charge in [0.1, 0.15) is 0 Å². The first kappa shape index (κ1) is 20.1. The number of hydrogen-bond acceptors (Lipinski definition) is 7. The summed E-state index contributed by atoms with van der Waals surface area (Å²) in [6.07, 6.45) is 0. The Morgan fingerprint density at radius 3 is 2.22 bits per heavy atom. The van der Waals surface area contributed by atoms with Gasteiger partial charge in [0, 0.05) is 5.69 Å². The summed E-state index contributed by atoms with van der Waals surface area (Å²) >= 11 is 0. The van der Waals surface area contributed by atoms with Gasteiger partial charge in [-0.2, -0.15) is 0 Å². The maximum absolute atomic E-state index is 12.1. The third-order valence-corrected chi connectivity index (χ3v) is 4.24. The van der Waals surface area contributed by atoms with Crippen LogP contribution in [-0.2, 0) is 24.3 Å². The summed E-state index contributed by atoms with van der Waals surface area (Å²) in [6.45, 7) is -0.645. The highest BCUT2D eigenvalue weighted by Crippen LogP contribution is 2.15. The Bertz CT molecular complexity index is 986. The number of amides is 1. The second-order valence-corrected chi connectivity index (χ2v) is 6.80. The lowest BCUT2D eigenvalue weighted by atomic mass is 10.1. The number of anilines is 1. The fourth-order valence-electron chi connectivity index (χ4n) is 2.11. The predicted octanol–water partition coefficient (Wildman–Crippen LogP) is 0.916.